The summed E-state index contributed by atoms with van der Waals surface area (Å²) in [7, 11) is 0.828. The lowest BCUT2D eigenvalue weighted by Gasteiger charge is -2.32. The molecule has 1 aliphatic heterocycles. The SMILES string of the molecule is CCCCCCCCCC(=O)N[C@@H](Cc1c[nH]c2ccccc12)C(=O)N[C@@H](CCC(=O)O)C(=O)N[C@H](C(=O)NC1C(=O)NC(CCCCN)C(=O)N[C@@H]([C@H](OC)C(=O)O)C(=O)NCC(=O)N[C@H](CC(N)=O)C(=O)N[C@@H](CCC(=O)O)C(=O)NC([C@H](C)CCC)C(=O)O[C@@H]1C)[C@H](O)C(N)=O. The van der Waals surface area contributed by atoms with Crippen molar-refractivity contribution >= 4 is 106 Å². The highest BCUT2D eigenvalue weighted by molar-refractivity contribution is 6.02. The minimum atomic E-state index is -2.76. The lowest BCUT2D eigenvalue weighted by Crippen LogP contribution is -2.65. The number of cyclic esters (lactones) is 1. The first-order valence-electron chi connectivity index (χ1n) is 32.8. The number of nitrogens with two attached hydrogens (primary N) is 3. The number of para-hydroxylation sites is 1. The Morgan fingerprint density at radius 2 is 1.26 bits per heavy atom. The van der Waals surface area contributed by atoms with Crippen LogP contribution in [0.4, 0.5) is 0 Å². The Morgan fingerprint density at radius 1 is 0.657 bits per heavy atom. The zero-order chi connectivity index (χ0) is 74.1. The van der Waals surface area contributed by atoms with Gasteiger partial charge in [0.25, 0.3) is 0 Å². The Hall–Kier alpha value is -9.84. The van der Waals surface area contributed by atoms with Gasteiger partial charge in [-0.1, -0.05) is 83.9 Å². The van der Waals surface area contributed by atoms with E-state index in [0.717, 1.165) is 46.1 Å². The number of ether oxygens (including phenoxy) is 2. The van der Waals surface area contributed by atoms with E-state index in [1.165, 1.54) is 6.92 Å². The summed E-state index contributed by atoms with van der Waals surface area (Å²) in [5.74, 6) is -22.9. The van der Waals surface area contributed by atoms with Crippen LogP contribution in [-0.4, -0.2) is 213 Å². The van der Waals surface area contributed by atoms with Crippen molar-refractivity contribution in [3.05, 3.63) is 36.0 Å². The highest BCUT2D eigenvalue weighted by Gasteiger charge is 2.43. The Morgan fingerprint density at radius 3 is 1.87 bits per heavy atom. The van der Waals surface area contributed by atoms with Gasteiger partial charge < -0.3 is 105 Å². The van der Waals surface area contributed by atoms with Crippen LogP contribution in [-0.2, 0) is 92.6 Å². The van der Waals surface area contributed by atoms with E-state index in [1.807, 2.05) is 0 Å². The number of amides is 12. The number of benzene rings is 1. The number of aromatic amines is 1. The number of carboxylic acids is 3. The number of unbranched alkanes of at least 4 members (excludes halogenated alkanes) is 7. The predicted molar refractivity (Wildman–Crippen MR) is 349 cm³/mol. The number of fused-ring (bicyclic) bond motifs is 1. The second kappa shape index (κ2) is 42.8. The third-order valence-corrected chi connectivity index (χ3v) is 16.2. The normalized spacial score (nSPS) is 21.0. The van der Waals surface area contributed by atoms with Crippen LogP contribution in [0, 0.1) is 5.92 Å². The summed E-state index contributed by atoms with van der Waals surface area (Å²) in [6.45, 7) is 5.08. The van der Waals surface area contributed by atoms with E-state index in [0.29, 0.717) is 35.7 Å². The van der Waals surface area contributed by atoms with E-state index in [4.69, 9.17) is 26.7 Å². The molecule has 0 spiro atoms. The number of hydrogen-bond acceptors (Lipinski definition) is 20. The number of methoxy groups -OCH3 is 1. The molecule has 2 heterocycles. The van der Waals surface area contributed by atoms with Crippen LogP contribution in [0.1, 0.15) is 149 Å². The van der Waals surface area contributed by atoms with Crippen molar-refractivity contribution in [3.63, 3.8) is 0 Å². The van der Waals surface area contributed by atoms with Gasteiger partial charge >= 0.3 is 23.9 Å². The number of aliphatic carboxylic acids is 3. The lowest BCUT2D eigenvalue weighted by atomic mass is 9.96. The van der Waals surface area contributed by atoms with Crippen LogP contribution in [0.3, 0.4) is 0 Å². The third-order valence-electron chi connectivity index (χ3n) is 16.2. The smallest absolute Gasteiger partial charge is 0.335 e. The molecule has 12 amide bonds. The molecule has 1 aromatic heterocycles. The average molecular weight is 1400 g/mol. The van der Waals surface area contributed by atoms with Gasteiger partial charge in [-0.3, -0.25) is 67.1 Å². The van der Waals surface area contributed by atoms with E-state index >= 15 is 0 Å². The van der Waals surface area contributed by atoms with Crippen LogP contribution in [0.2, 0.25) is 0 Å². The number of carbonyl (C=O) groups is 16. The van der Waals surface area contributed by atoms with Gasteiger partial charge in [-0.05, 0) is 76.0 Å². The van der Waals surface area contributed by atoms with Crippen LogP contribution < -0.4 is 70.4 Å². The summed E-state index contributed by atoms with van der Waals surface area (Å²) < 4.78 is 10.8. The predicted octanol–water partition coefficient (Wildman–Crippen LogP) is -3.61. The topological polar surface area (TPSA) is 587 Å². The summed E-state index contributed by atoms with van der Waals surface area (Å²) in [5, 5.41) is 64.2. The summed E-state index contributed by atoms with van der Waals surface area (Å²) in [6, 6.07) is -11.2. The number of aliphatic hydroxyl groups excluding tert-OH is 1. The van der Waals surface area contributed by atoms with E-state index in [9.17, 15) is 97.1 Å². The van der Waals surface area contributed by atoms with Gasteiger partial charge in [0.1, 0.15) is 60.5 Å². The van der Waals surface area contributed by atoms with Crippen molar-refractivity contribution in [2.75, 3.05) is 20.2 Å². The minimum Gasteiger partial charge on any atom is -0.481 e. The van der Waals surface area contributed by atoms with E-state index < -0.39 is 218 Å². The largest absolute Gasteiger partial charge is 0.481 e. The van der Waals surface area contributed by atoms with Gasteiger partial charge in [0, 0.05) is 49.9 Å². The Bertz CT molecular complexity index is 3160. The minimum absolute atomic E-state index is 0.000111. The fraction of sp³-hybridized carbons (Fsp3) is 0.619. The molecule has 3 rings (SSSR count). The molecule has 36 heteroatoms. The molecule has 0 aliphatic carbocycles. The van der Waals surface area contributed by atoms with Crippen molar-refractivity contribution in [2.45, 2.75) is 222 Å². The molecule has 13 atom stereocenters. The maximum atomic E-state index is 15.0. The van der Waals surface area contributed by atoms with Crippen molar-refractivity contribution in [1.82, 2.24) is 58.2 Å². The molecule has 0 radical (unpaired) electrons. The standard InChI is InChI=1S/C63H96N14O22/c1-6-8-9-10-11-12-13-22-43(79)69-40(28-34-30-67-36-20-15-14-19-35(34)36)57(90)71-39(24-26-46(83)84)56(89)76-49(51(85)53(66)86)61(94)75-48-33(4)99-63(97)47(32(3)18-7-2)74-55(88)38(23-25-45(81)82)72-58(91)41(29-42(65)78)70-44(80)31-68-59(92)50(52(98-5)62(95)96)77-54(87)37(73-60(48)93)21-16-17-27-64/h14-15,19-20,30,32-33,37-41,47-52,67,85H,6-13,16-18,21-29,31,64H2,1-5H3,(H2,65,78)(H2,66,86)(H,68,92)(H,69,79)(H,70,80)(H,71,90)(H,72,91)(H,73,93)(H,74,88)(H,75,94)(H,76,89)(H,77,87)(H,81,82)(H,83,84)(H,95,96)/t32-,33-,37?,38+,39+,40+,41-,47?,48?,49+,50+,51+,52+/m1/s1. The van der Waals surface area contributed by atoms with Gasteiger partial charge in [-0.2, -0.15) is 0 Å². The van der Waals surface area contributed by atoms with E-state index in [-0.39, 0.29) is 38.6 Å². The number of hydrogen-bond donors (Lipinski definition) is 18. The summed E-state index contributed by atoms with van der Waals surface area (Å²) in [5.41, 5.74) is 17.8. The number of aliphatic hydroxyl groups is 1. The molecule has 1 aliphatic rings. The summed E-state index contributed by atoms with van der Waals surface area (Å²) >= 11 is 0. The second-order valence-corrected chi connectivity index (χ2v) is 24.1. The molecule has 0 bridgehead atoms. The first-order valence-corrected chi connectivity index (χ1v) is 32.8. The number of nitrogens with one attached hydrogen (secondary N) is 11. The van der Waals surface area contributed by atoms with Crippen molar-refractivity contribution in [2.24, 2.45) is 23.1 Å². The van der Waals surface area contributed by atoms with Crippen LogP contribution in [0.5, 0.6) is 0 Å². The van der Waals surface area contributed by atoms with Crippen LogP contribution in [0.25, 0.3) is 10.9 Å². The zero-order valence-corrected chi connectivity index (χ0v) is 56.1. The lowest BCUT2D eigenvalue weighted by molar-refractivity contribution is -0.158. The molecule has 1 saturated heterocycles. The number of H-pyrrole nitrogens is 1. The van der Waals surface area contributed by atoms with Gasteiger partial charge in [-0.25, -0.2) is 9.59 Å². The van der Waals surface area contributed by atoms with Crippen LogP contribution in [0.15, 0.2) is 30.5 Å². The highest BCUT2D eigenvalue weighted by atomic mass is 16.5. The fourth-order valence-corrected chi connectivity index (χ4v) is 10.7. The van der Waals surface area contributed by atoms with Gasteiger partial charge in [0.2, 0.25) is 70.9 Å². The average Bonchev–Trinajstić information content (AvgIpc) is 1.82. The molecule has 0 saturated carbocycles. The number of rotatable bonds is 37. The van der Waals surface area contributed by atoms with Gasteiger partial charge in [0.15, 0.2) is 12.2 Å². The summed E-state index contributed by atoms with van der Waals surface area (Å²) in [4.78, 5) is 222. The molecular formula is C63H96N14O22. The maximum Gasteiger partial charge on any atom is 0.335 e. The molecular weight excluding hydrogens is 1300 g/mol. The molecule has 3 unspecified atom stereocenters. The number of aromatic nitrogens is 1. The third kappa shape index (κ3) is 28.3. The quantitative estimate of drug-likeness (QED) is 0.0229. The zero-order valence-electron chi connectivity index (χ0n) is 56.1. The highest BCUT2D eigenvalue weighted by Crippen LogP contribution is 2.21. The first kappa shape index (κ1) is 83.4. The molecule has 1 aromatic carbocycles. The molecule has 36 nitrogen and oxygen atoms in total. The van der Waals surface area contributed by atoms with E-state index in [1.54, 1.807) is 37.4 Å². The molecule has 2 aromatic rings. The molecule has 99 heavy (non-hydrogen) atoms. The maximum absolute atomic E-state index is 15.0. The second-order valence-electron chi connectivity index (χ2n) is 24.1. The number of carboxylic acid groups (broad SMARTS) is 3. The first-order chi connectivity index (χ1) is 46.9. The number of carbonyl (C=O) groups excluding carboxylic acids is 13. The number of primary amides is 2. The van der Waals surface area contributed by atoms with Gasteiger partial charge in [-0.15, -0.1) is 0 Å². The monoisotopic (exact) mass is 1400 g/mol. The van der Waals surface area contributed by atoms with Crippen molar-refractivity contribution in [3.8, 4) is 0 Å². The van der Waals surface area contributed by atoms with Crippen molar-refractivity contribution in [1.29, 1.82) is 0 Å². The molecule has 1 fully saturated rings. The fourth-order valence-electron chi connectivity index (χ4n) is 10.7. The molecule has 21 N–H and O–H groups in total. The van der Waals surface area contributed by atoms with E-state index in [2.05, 4.69) is 65.1 Å². The van der Waals surface area contributed by atoms with Gasteiger partial charge in [0.05, 0.1) is 13.0 Å². The molecule has 550 valence electrons. The van der Waals surface area contributed by atoms with Crippen LogP contribution >= 0.6 is 0 Å². The Balaban J connectivity index is 2.26. The van der Waals surface area contributed by atoms with Crippen molar-refractivity contribution < 1.29 is 107 Å². The summed E-state index contributed by atoms with van der Waals surface area (Å²) in [6.07, 6.45) is -3.39. The Kier molecular flexibility index (Phi) is 36.0. The Labute approximate surface area is 570 Å². The number of esters is 1.